The summed E-state index contributed by atoms with van der Waals surface area (Å²) in [7, 11) is 3.18. The first kappa shape index (κ1) is 31.5. The first-order valence-corrected chi connectivity index (χ1v) is 15.0. The van der Waals surface area contributed by atoms with Gasteiger partial charge in [0, 0.05) is 30.4 Å². The number of aromatic nitrogens is 2. The van der Waals surface area contributed by atoms with Gasteiger partial charge < -0.3 is 28.4 Å². The third-order valence-electron chi connectivity index (χ3n) is 6.89. The van der Waals surface area contributed by atoms with Crippen LogP contribution < -0.4 is 11.2 Å². The molecule has 3 aromatic rings. The lowest BCUT2D eigenvalue weighted by Crippen LogP contribution is -2.46. The molecule has 5 atom stereocenters. The number of alkyl halides is 1. The van der Waals surface area contributed by atoms with Crippen molar-refractivity contribution in [2.75, 3.05) is 31.9 Å². The lowest BCUT2D eigenvalue weighted by atomic mass is 10.1. The Morgan fingerprint density at radius 1 is 0.927 bits per heavy atom. The summed E-state index contributed by atoms with van der Waals surface area (Å²) in [6.45, 7) is 2.72. The molecule has 0 unspecified atom stereocenters. The number of ether oxygens (including phenoxy) is 6. The minimum absolute atomic E-state index is 0.205. The monoisotopic (exact) mass is 680 g/mol. The van der Waals surface area contributed by atoms with E-state index < -0.39 is 35.8 Å². The molecule has 11 heteroatoms. The number of benzene rings is 2. The lowest BCUT2D eigenvalue weighted by molar-refractivity contribution is -0.109. The standard InChI is InChI=1S/C30H37IN2O8/c1-21-17-32(30(35)33(28(21)34)20-38-18-22-10-6-4-7-11-22)29-27(39-15-14-36-2)26(37-3)25(41-29)24(16-31)40-19-23-12-8-5-9-13-23/h4-13,17,24-27,29H,14-16,18-20H2,1-3H3/t24-,25-,26-,27-,29-/m1/s1. The average Bonchev–Trinajstić information content (AvgIpc) is 3.36. The van der Waals surface area contributed by atoms with Gasteiger partial charge in [0.25, 0.3) is 5.56 Å². The highest BCUT2D eigenvalue weighted by Gasteiger charge is 2.50. The maximum Gasteiger partial charge on any atom is 0.335 e. The molecule has 0 spiro atoms. The zero-order valence-corrected chi connectivity index (χ0v) is 25.7. The van der Waals surface area contributed by atoms with E-state index in [9.17, 15) is 9.59 Å². The van der Waals surface area contributed by atoms with Crippen LogP contribution in [0.25, 0.3) is 0 Å². The molecule has 41 heavy (non-hydrogen) atoms. The number of hydrogen-bond donors (Lipinski definition) is 0. The predicted octanol–water partition coefficient (Wildman–Crippen LogP) is 3.46. The zero-order valence-electron chi connectivity index (χ0n) is 23.5. The molecule has 222 valence electrons. The van der Waals surface area contributed by atoms with E-state index in [0.717, 1.165) is 15.7 Å². The van der Waals surface area contributed by atoms with Crippen molar-refractivity contribution in [2.24, 2.45) is 0 Å². The number of aryl methyl sites for hydroxylation is 1. The number of methoxy groups -OCH3 is 2. The largest absolute Gasteiger partial charge is 0.382 e. The van der Waals surface area contributed by atoms with Crippen LogP contribution in [-0.4, -0.2) is 65.4 Å². The fourth-order valence-corrected chi connectivity index (χ4v) is 5.54. The Hall–Kier alpha value is -2.39. The normalized spacial score (nSPS) is 21.3. The first-order valence-electron chi connectivity index (χ1n) is 13.4. The molecule has 1 fully saturated rings. The van der Waals surface area contributed by atoms with Gasteiger partial charge in [0.2, 0.25) is 0 Å². The zero-order chi connectivity index (χ0) is 29.2. The summed E-state index contributed by atoms with van der Waals surface area (Å²) in [6.07, 6.45) is -1.47. The van der Waals surface area contributed by atoms with Gasteiger partial charge in [0.1, 0.15) is 25.0 Å². The Morgan fingerprint density at radius 2 is 1.59 bits per heavy atom. The molecular weight excluding hydrogens is 643 g/mol. The van der Waals surface area contributed by atoms with Gasteiger partial charge in [0.15, 0.2) is 6.23 Å². The summed E-state index contributed by atoms with van der Waals surface area (Å²) >= 11 is 2.26. The van der Waals surface area contributed by atoms with Gasteiger partial charge in [-0.1, -0.05) is 83.3 Å². The van der Waals surface area contributed by atoms with Crippen LogP contribution in [0.4, 0.5) is 0 Å². The van der Waals surface area contributed by atoms with Crippen molar-refractivity contribution in [3.63, 3.8) is 0 Å². The van der Waals surface area contributed by atoms with Gasteiger partial charge in [-0.25, -0.2) is 9.36 Å². The van der Waals surface area contributed by atoms with E-state index in [4.69, 9.17) is 28.4 Å². The van der Waals surface area contributed by atoms with E-state index in [2.05, 4.69) is 22.6 Å². The summed E-state index contributed by atoms with van der Waals surface area (Å²) in [5.74, 6) is 0. The first-order chi connectivity index (χ1) is 20.0. The Bertz CT molecular complexity index is 1330. The smallest absolute Gasteiger partial charge is 0.335 e. The van der Waals surface area contributed by atoms with Crippen molar-refractivity contribution in [2.45, 2.75) is 57.5 Å². The predicted molar refractivity (Wildman–Crippen MR) is 161 cm³/mol. The molecule has 0 amide bonds. The number of rotatable bonds is 15. The van der Waals surface area contributed by atoms with Crippen LogP contribution in [0, 0.1) is 6.92 Å². The Balaban J connectivity index is 1.61. The minimum Gasteiger partial charge on any atom is -0.382 e. The molecule has 0 bridgehead atoms. The lowest BCUT2D eigenvalue weighted by Gasteiger charge is -2.27. The number of hydrogen-bond acceptors (Lipinski definition) is 8. The second kappa shape index (κ2) is 15.7. The van der Waals surface area contributed by atoms with Crippen LogP contribution in [0.2, 0.25) is 0 Å². The van der Waals surface area contributed by atoms with Gasteiger partial charge in [-0.3, -0.25) is 9.36 Å². The van der Waals surface area contributed by atoms with Crippen LogP contribution in [0.1, 0.15) is 22.9 Å². The third-order valence-corrected chi connectivity index (χ3v) is 7.76. The molecule has 1 saturated heterocycles. The highest BCUT2D eigenvalue weighted by atomic mass is 127. The van der Waals surface area contributed by atoms with Crippen LogP contribution in [0.5, 0.6) is 0 Å². The van der Waals surface area contributed by atoms with E-state index in [1.807, 2.05) is 60.7 Å². The van der Waals surface area contributed by atoms with Crippen molar-refractivity contribution in [3.8, 4) is 0 Å². The van der Waals surface area contributed by atoms with E-state index in [1.54, 1.807) is 21.1 Å². The molecule has 1 aliphatic heterocycles. The van der Waals surface area contributed by atoms with E-state index in [0.29, 0.717) is 23.2 Å². The highest BCUT2D eigenvalue weighted by Crippen LogP contribution is 2.36. The molecule has 0 radical (unpaired) electrons. The topological polar surface area (TPSA) is 99.4 Å². The van der Waals surface area contributed by atoms with Crippen LogP contribution >= 0.6 is 22.6 Å². The summed E-state index contributed by atoms with van der Waals surface area (Å²) in [6, 6.07) is 19.4. The van der Waals surface area contributed by atoms with Crippen molar-refractivity contribution in [1.29, 1.82) is 0 Å². The summed E-state index contributed by atoms with van der Waals surface area (Å²) < 4.78 is 39.0. The van der Waals surface area contributed by atoms with Crippen molar-refractivity contribution >= 4 is 22.6 Å². The molecule has 2 heterocycles. The number of nitrogens with zero attached hydrogens (tertiary/aromatic N) is 2. The second-order valence-corrected chi connectivity index (χ2v) is 10.6. The van der Waals surface area contributed by atoms with Gasteiger partial charge >= 0.3 is 5.69 Å². The molecule has 10 nitrogen and oxygen atoms in total. The average molecular weight is 681 g/mol. The quantitative estimate of drug-likeness (QED) is 0.137. The molecule has 1 aliphatic rings. The molecule has 4 rings (SSSR count). The van der Waals surface area contributed by atoms with Gasteiger partial charge in [0.05, 0.1) is 32.5 Å². The van der Waals surface area contributed by atoms with Gasteiger partial charge in [-0.15, -0.1) is 0 Å². The molecule has 0 saturated carbocycles. The van der Waals surface area contributed by atoms with Crippen LogP contribution in [0.3, 0.4) is 0 Å². The maximum atomic E-state index is 13.7. The van der Waals surface area contributed by atoms with Gasteiger partial charge in [-0.2, -0.15) is 0 Å². The summed E-state index contributed by atoms with van der Waals surface area (Å²) in [5.41, 5.74) is 1.35. The van der Waals surface area contributed by atoms with Gasteiger partial charge in [-0.05, 0) is 18.1 Å². The second-order valence-electron chi connectivity index (χ2n) is 9.71. The molecule has 2 aromatic carbocycles. The minimum atomic E-state index is -0.875. The number of halogens is 1. The van der Waals surface area contributed by atoms with E-state index in [-0.39, 0.29) is 26.0 Å². The molecule has 0 aliphatic carbocycles. The van der Waals surface area contributed by atoms with E-state index in [1.165, 1.54) is 10.8 Å². The van der Waals surface area contributed by atoms with Crippen LogP contribution in [-0.2, 0) is 48.4 Å². The fourth-order valence-electron chi connectivity index (χ4n) is 4.79. The molecular formula is C30H37IN2O8. The maximum absolute atomic E-state index is 13.7. The SMILES string of the molecule is COCCO[C@@H]1[C@H](OC)[C@@H]([C@@H](CI)OCc2ccccc2)O[C@H]1n1cc(C)c(=O)n(COCc2ccccc2)c1=O. The Labute approximate surface area is 253 Å². The Kier molecular flexibility index (Phi) is 12.1. The van der Waals surface area contributed by atoms with Crippen LogP contribution in [0.15, 0.2) is 76.4 Å². The highest BCUT2D eigenvalue weighted by molar-refractivity contribution is 14.1. The Morgan fingerprint density at radius 3 is 2.20 bits per heavy atom. The molecule has 0 N–H and O–H groups in total. The van der Waals surface area contributed by atoms with Crippen molar-refractivity contribution < 1.29 is 28.4 Å². The van der Waals surface area contributed by atoms with Crippen molar-refractivity contribution in [3.05, 3.63) is 104 Å². The fraction of sp³-hybridized carbons (Fsp3) is 0.467. The van der Waals surface area contributed by atoms with Crippen molar-refractivity contribution in [1.82, 2.24) is 9.13 Å². The molecule has 1 aromatic heterocycles. The summed E-state index contributed by atoms with van der Waals surface area (Å²) in [5, 5.41) is 0. The third kappa shape index (κ3) is 7.92. The summed E-state index contributed by atoms with van der Waals surface area (Å²) in [4.78, 5) is 26.7. The van der Waals surface area contributed by atoms with E-state index >= 15 is 0 Å².